The van der Waals surface area contributed by atoms with Gasteiger partial charge in [-0.3, -0.25) is 24.7 Å². The Bertz CT molecular complexity index is 1080. The van der Waals surface area contributed by atoms with Crippen LogP contribution in [-0.4, -0.2) is 47.1 Å². The van der Waals surface area contributed by atoms with Gasteiger partial charge in [0, 0.05) is 31.1 Å². The van der Waals surface area contributed by atoms with Gasteiger partial charge in [-0.1, -0.05) is 12.1 Å². The molecule has 2 aliphatic rings. The van der Waals surface area contributed by atoms with Gasteiger partial charge in [-0.2, -0.15) is 10.2 Å². The first-order valence-electron chi connectivity index (χ1n) is 8.91. The molecular formula is C18H16N6O5. The highest BCUT2D eigenvalue weighted by molar-refractivity contribution is 5.98. The summed E-state index contributed by atoms with van der Waals surface area (Å²) < 4.78 is 5.29. The Kier molecular flexibility index (Phi) is 4.69. The maximum atomic E-state index is 12.9. The molecule has 1 saturated heterocycles. The number of nitriles is 1. The Balaban J connectivity index is 1.85. The lowest BCUT2D eigenvalue weighted by atomic mass is 9.79. The fourth-order valence-electron chi connectivity index (χ4n) is 3.62. The van der Waals surface area contributed by atoms with Crippen LogP contribution < -0.4 is 15.8 Å². The SMILES string of the molecule is N#C[C@@H]1C(=O)Nc2nc(N3CCOCC3)[nH]c(=O)c2[C@H]1c1cccc([N+](=O)[O-])c1. The highest BCUT2D eigenvalue weighted by atomic mass is 16.6. The topological polar surface area (TPSA) is 154 Å². The standard InChI is InChI=1S/C18H16N6O5/c19-9-12-13(10-2-1-3-11(8-10)24(27)28)14-15(20-16(12)25)21-18(22-17(14)26)23-4-6-29-7-5-23/h1-3,8,12-13H,4-7H2,(H2,20,21,22,25,26)/t12-,13-/m0/s1. The number of amides is 1. The number of morpholine rings is 1. The Hall–Kier alpha value is -3.78. The van der Waals surface area contributed by atoms with Crippen molar-refractivity contribution >= 4 is 23.4 Å². The van der Waals surface area contributed by atoms with Crippen molar-refractivity contribution in [3.8, 4) is 6.07 Å². The number of fused-ring (bicyclic) bond motifs is 1. The predicted octanol–water partition coefficient (Wildman–Crippen LogP) is 0.738. The lowest BCUT2D eigenvalue weighted by Gasteiger charge is -2.31. The van der Waals surface area contributed by atoms with Crippen LogP contribution in [0.2, 0.25) is 0 Å². The van der Waals surface area contributed by atoms with Gasteiger partial charge < -0.3 is 15.0 Å². The molecule has 2 N–H and O–H groups in total. The lowest BCUT2D eigenvalue weighted by Crippen LogP contribution is -2.41. The zero-order valence-electron chi connectivity index (χ0n) is 15.1. The Morgan fingerprint density at radius 2 is 2.07 bits per heavy atom. The molecule has 29 heavy (non-hydrogen) atoms. The third kappa shape index (κ3) is 3.30. The van der Waals surface area contributed by atoms with E-state index in [0.29, 0.717) is 37.8 Å². The molecule has 0 radical (unpaired) electrons. The molecule has 1 fully saturated rings. The maximum absolute atomic E-state index is 12.9. The molecule has 1 aromatic carbocycles. The van der Waals surface area contributed by atoms with E-state index >= 15 is 0 Å². The number of non-ortho nitro benzene ring substituents is 1. The molecule has 1 amide bonds. The first kappa shape index (κ1) is 18.6. The maximum Gasteiger partial charge on any atom is 0.269 e. The summed E-state index contributed by atoms with van der Waals surface area (Å²) in [7, 11) is 0. The lowest BCUT2D eigenvalue weighted by molar-refractivity contribution is -0.384. The van der Waals surface area contributed by atoms with Crippen LogP contribution in [0, 0.1) is 27.4 Å². The van der Waals surface area contributed by atoms with Crippen molar-refractivity contribution in [2.24, 2.45) is 5.92 Å². The molecule has 148 valence electrons. The van der Waals surface area contributed by atoms with E-state index in [2.05, 4.69) is 15.3 Å². The first-order chi connectivity index (χ1) is 14.0. The minimum absolute atomic E-state index is 0.0586. The van der Waals surface area contributed by atoms with E-state index in [9.17, 15) is 25.0 Å². The van der Waals surface area contributed by atoms with Crippen LogP contribution in [0.25, 0.3) is 0 Å². The first-order valence-corrected chi connectivity index (χ1v) is 8.91. The Labute approximate surface area is 164 Å². The largest absolute Gasteiger partial charge is 0.378 e. The monoisotopic (exact) mass is 396 g/mol. The van der Waals surface area contributed by atoms with Crippen molar-refractivity contribution in [2.45, 2.75) is 5.92 Å². The number of aromatic nitrogens is 2. The molecule has 11 heteroatoms. The average molecular weight is 396 g/mol. The zero-order valence-corrected chi connectivity index (χ0v) is 15.1. The Morgan fingerprint density at radius 1 is 1.31 bits per heavy atom. The van der Waals surface area contributed by atoms with Gasteiger partial charge in [-0.15, -0.1) is 0 Å². The van der Waals surface area contributed by atoms with E-state index in [1.165, 1.54) is 18.2 Å². The highest BCUT2D eigenvalue weighted by Crippen LogP contribution is 2.39. The minimum atomic E-state index is -1.22. The number of benzene rings is 1. The van der Waals surface area contributed by atoms with E-state index in [1.807, 2.05) is 11.0 Å². The van der Waals surface area contributed by atoms with Crippen LogP contribution in [0.15, 0.2) is 29.1 Å². The molecule has 0 spiro atoms. The van der Waals surface area contributed by atoms with Gasteiger partial charge in [-0.25, -0.2) is 0 Å². The fraction of sp³-hybridized carbons (Fsp3) is 0.333. The van der Waals surface area contributed by atoms with Gasteiger partial charge in [0.05, 0.1) is 29.8 Å². The van der Waals surface area contributed by atoms with Crippen molar-refractivity contribution in [2.75, 3.05) is 36.5 Å². The molecule has 11 nitrogen and oxygen atoms in total. The van der Waals surface area contributed by atoms with Crippen LogP contribution in [0.1, 0.15) is 17.0 Å². The van der Waals surface area contributed by atoms with Crippen LogP contribution >= 0.6 is 0 Å². The fourth-order valence-corrected chi connectivity index (χ4v) is 3.62. The van der Waals surface area contributed by atoms with Crippen molar-refractivity contribution in [1.29, 1.82) is 5.26 Å². The number of ether oxygens (including phenoxy) is 1. The van der Waals surface area contributed by atoms with E-state index in [-0.39, 0.29) is 17.1 Å². The van der Waals surface area contributed by atoms with Crippen LogP contribution in [-0.2, 0) is 9.53 Å². The van der Waals surface area contributed by atoms with E-state index in [4.69, 9.17) is 4.74 Å². The molecule has 0 saturated carbocycles. The quantitative estimate of drug-likeness (QED) is 0.569. The number of nitrogens with zero attached hydrogens (tertiary/aromatic N) is 4. The minimum Gasteiger partial charge on any atom is -0.378 e. The number of anilines is 2. The average Bonchev–Trinajstić information content (AvgIpc) is 2.73. The molecule has 1 aromatic heterocycles. The summed E-state index contributed by atoms with van der Waals surface area (Å²) in [6.07, 6.45) is 0. The van der Waals surface area contributed by atoms with Gasteiger partial charge in [0.1, 0.15) is 11.7 Å². The normalized spacial score (nSPS) is 21.1. The van der Waals surface area contributed by atoms with Crippen LogP contribution in [0.5, 0.6) is 0 Å². The second-order valence-corrected chi connectivity index (χ2v) is 6.68. The second-order valence-electron chi connectivity index (χ2n) is 6.68. The summed E-state index contributed by atoms with van der Waals surface area (Å²) in [5.74, 6) is -2.45. The number of rotatable bonds is 3. The number of nitrogens with one attached hydrogen (secondary N) is 2. The number of hydrogen-bond donors (Lipinski definition) is 2. The van der Waals surface area contributed by atoms with Crippen molar-refractivity contribution in [1.82, 2.24) is 9.97 Å². The van der Waals surface area contributed by atoms with E-state index in [0.717, 1.165) is 0 Å². The molecule has 2 aromatic rings. The molecule has 0 aliphatic carbocycles. The Morgan fingerprint density at radius 3 is 2.76 bits per heavy atom. The highest BCUT2D eigenvalue weighted by Gasteiger charge is 2.40. The van der Waals surface area contributed by atoms with Gasteiger partial charge >= 0.3 is 0 Å². The number of nitro benzene ring substituents is 1. The predicted molar refractivity (Wildman–Crippen MR) is 101 cm³/mol. The van der Waals surface area contributed by atoms with Gasteiger partial charge in [0.15, 0.2) is 0 Å². The molecule has 2 atom stereocenters. The molecule has 3 heterocycles. The summed E-state index contributed by atoms with van der Waals surface area (Å²) in [6.45, 7) is 2.04. The summed E-state index contributed by atoms with van der Waals surface area (Å²) >= 11 is 0. The van der Waals surface area contributed by atoms with Gasteiger partial charge in [-0.05, 0) is 5.56 Å². The molecule has 0 bridgehead atoms. The second kappa shape index (κ2) is 7.33. The summed E-state index contributed by atoms with van der Waals surface area (Å²) in [4.78, 5) is 45.0. The molecular weight excluding hydrogens is 380 g/mol. The summed E-state index contributed by atoms with van der Waals surface area (Å²) in [5, 5.41) is 23.2. The third-order valence-corrected chi connectivity index (χ3v) is 5.00. The van der Waals surface area contributed by atoms with Gasteiger partial charge in [0.25, 0.3) is 11.2 Å². The smallest absolute Gasteiger partial charge is 0.269 e. The van der Waals surface area contributed by atoms with Crippen molar-refractivity contribution in [3.05, 3.63) is 55.9 Å². The molecule has 2 aliphatic heterocycles. The number of nitro groups is 1. The van der Waals surface area contributed by atoms with E-state index in [1.54, 1.807) is 6.07 Å². The molecule has 0 unspecified atom stereocenters. The van der Waals surface area contributed by atoms with Crippen LogP contribution in [0.4, 0.5) is 17.5 Å². The van der Waals surface area contributed by atoms with Crippen LogP contribution in [0.3, 0.4) is 0 Å². The summed E-state index contributed by atoms with van der Waals surface area (Å²) in [6, 6.07) is 7.49. The van der Waals surface area contributed by atoms with Gasteiger partial charge in [0.2, 0.25) is 11.9 Å². The number of hydrogen-bond acceptors (Lipinski definition) is 8. The third-order valence-electron chi connectivity index (χ3n) is 5.00. The molecule has 4 rings (SSSR count). The summed E-state index contributed by atoms with van der Waals surface area (Å²) in [5.41, 5.74) is -0.267. The number of carbonyl (C=O) groups is 1. The number of aromatic amines is 1. The van der Waals surface area contributed by atoms with Crippen molar-refractivity contribution < 1.29 is 14.5 Å². The number of carbonyl (C=O) groups excluding carboxylic acids is 1. The van der Waals surface area contributed by atoms with Crippen molar-refractivity contribution in [3.63, 3.8) is 0 Å². The zero-order chi connectivity index (χ0) is 20.5. The number of H-pyrrole nitrogens is 1. The van der Waals surface area contributed by atoms with E-state index < -0.39 is 28.2 Å².